The third kappa shape index (κ3) is 2.89. The number of para-hydroxylation sites is 2. The fourth-order valence-corrected chi connectivity index (χ4v) is 5.84. The largest absolute Gasteiger partial charge is 0.337 e. The Kier molecular flexibility index (Phi) is 4.18. The van der Waals surface area contributed by atoms with Crippen molar-refractivity contribution in [1.29, 1.82) is 0 Å². The Balaban J connectivity index is 1.36. The maximum Gasteiger partial charge on any atom is 0.0483 e. The summed E-state index contributed by atoms with van der Waals surface area (Å²) in [5, 5.41) is 0.813. The zero-order valence-corrected chi connectivity index (χ0v) is 17.3. The zero-order chi connectivity index (χ0) is 19.4. The molecular formula is C26H25ClN2. The molecule has 3 heterocycles. The number of benzene rings is 3. The lowest BCUT2D eigenvalue weighted by Gasteiger charge is -2.39. The quantitative estimate of drug-likeness (QED) is 0.524. The number of likely N-dealkylation sites (tertiary alicyclic amines) is 1. The van der Waals surface area contributed by atoms with Crippen molar-refractivity contribution in [3.05, 3.63) is 94.0 Å². The second-order valence-electron chi connectivity index (χ2n) is 8.68. The van der Waals surface area contributed by atoms with Gasteiger partial charge >= 0.3 is 0 Å². The van der Waals surface area contributed by atoms with Crippen LogP contribution in [-0.4, -0.2) is 24.0 Å². The van der Waals surface area contributed by atoms with E-state index in [1.54, 1.807) is 5.56 Å². The number of rotatable bonds is 2. The topological polar surface area (TPSA) is 6.48 Å². The van der Waals surface area contributed by atoms with Gasteiger partial charge in [-0.15, -0.1) is 0 Å². The summed E-state index contributed by atoms with van der Waals surface area (Å²) in [7, 11) is 0. The van der Waals surface area contributed by atoms with E-state index < -0.39 is 0 Å². The van der Waals surface area contributed by atoms with Crippen molar-refractivity contribution in [2.75, 3.05) is 18.0 Å². The Morgan fingerprint density at radius 2 is 1.66 bits per heavy atom. The molecule has 3 aliphatic rings. The molecule has 3 aliphatic heterocycles. The Hall–Kier alpha value is -2.29. The lowest BCUT2D eigenvalue weighted by Crippen LogP contribution is -2.44. The van der Waals surface area contributed by atoms with Gasteiger partial charge in [0.25, 0.3) is 0 Å². The predicted octanol–water partition coefficient (Wildman–Crippen LogP) is 5.95. The summed E-state index contributed by atoms with van der Waals surface area (Å²) in [6.07, 6.45) is 3.49. The van der Waals surface area contributed by atoms with Crippen LogP contribution in [0.4, 0.5) is 11.4 Å². The van der Waals surface area contributed by atoms with E-state index in [0.29, 0.717) is 12.0 Å². The Morgan fingerprint density at radius 3 is 2.55 bits per heavy atom. The number of hydrogen-bond acceptors (Lipinski definition) is 2. The molecule has 0 N–H and O–H groups in total. The highest BCUT2D eigenvalue weighted by Gasteiger charge is 2.44. The minimum atomic E-state index is 0.576. The Bertz CT molecular complexity index is 1060. The van der Waals surface area contributed by atoms with Crippen molar-refractivity contribution < 1.29 is 0 Å². The van der Waals surface area contributed by atoms with Gasteiger partial charge in [0, 0.05) is 48.0 Å². The second kappa shape index (κ2) is 6.90. The van der Waals surface area contributed by atoms with E-state index in [1.165, 1.54) is 34.5 Å². The molecule has 29 heavy (non-hydrogen) atoms. The van der Waals surface area contributed by atoms with Crippen molar-refractivity contribution in [2.45, 2.75) is 37.8 Å². The standard InChI is InChI=1S/C26H25ClN2/c27-21-12-8-18(9-13-21)16-28-15-14-25-23(17-28)22-6-3-5-20-11-10-19-4-1-2-7-24(19)29(25)26(20)22/h1-9,12-13,23,25H,10-11,14-17H2. The first-order chi connectivity index (χ1) is 14.3. The van der Waals surface area contributed by atoms with Crippen LogP contribution in [0.2, 0.25) is 5.02 Å². The molecule has 0 saturated carbocycles. The molecule has 3 heteroatoms. The summed E-state index contributed by atoms with van der Waals surface area (Å²) in [6.45, 7) is 3.28. The number of piperidine rings is 1. The van der Waals surface area contributed by atoms with Crippen LogP contribution in [-0.2, 0) is 19.4 Å². The molecule has 6 rings (SSSR count). The van der Waals surface area contributed by atoms with E-state index in [-0.39, 0.29) is 0 Å². The minimum Gasteiger partial charge on any atom is -0.337 e. The van der Waals surface area contributed by atoms with Crippen LogP contribution in [0.3, 0.4) is 0 Å². The van der Waals surface area contributed by atoms with Crippen molar-refractivity contribution in [1.82, 2.24) is 4.90 Å². The van der Waals surface area contributed by atoms with Gasteiger partial charge in [-0.05, 0) is 59.7 Å². The fourth-order valence-electron chi connectivity index (χ4n) is 5.71. The van der Waals surface area contributed by atoms with Gasteiger partial charge in [-0.25, -0.2) is 0 Å². The number of halogens is 1. The van der Waals surface area contributed by atoms with Crippen molar-refractivity contribution >= 4 is 23.0 Å². The summed E-state index contributed by atoms with van der Waals surface area (Å²) in [5.41, 5.74) is 8.89. The third-order valence-corrected chi connectivity index (χ3v) is 7.27. The summed E-state index contributed by atoms with van der Waals surface area (Å²) in [5.74, 6) is 0.581. The van der Waals surface area contributed by atoms with E-state index >= 15 is 0 Å². The number of hydrogen-bond donors (Lipinski definition) is 0. The lowest BCUT2D eigenvalue weighted by atomic mass is 9.87. The van der Waals surface area contributed by atoms with Gasteiger partial charge < -0.3 is 4.90 Å². The highest BCUT2D eigenvalue weighted by molar-refractivity contribution is 6.30. The Morgan fingerprint density at radius 1 is 0.862 bits per heavy atom. The van der Waals surface area contributed by atoms with Crippen LogP contribution in [0.5, 0.6) is 0 Å². The van der Waals surface area contributed by atoms with Gasteiger partial charge in [0.1, 0.15) is 0 Å². The molecule has 0 spiro atoms. The van der Waals surface area contributed by atoms with E-state index in [9.17, 15) is 0 Å². The van der Waals surface area contributed by atoms with Crippen LogP contribution in [0.1, 0.15) is 34.6 Å². The van der Waals surface area contributed by atoms with Crippen molar-refractivity contribution in [3.8, 4) is 0 Å². The molecule has 0 radical (unpaired) electrons. The molecule has 0 amide bonds. The van der Waals surface area contributed by atoms with Crippen LogP contribution in [0, 0.1) is 0 Å². The molecule has 2 atom stereocenters. The van der Waals surface area contributed by atoms with Gasteiger partial charge in [0.05, 0.1) is 0 Å². The van der Waals surface area contributed by atoms with E-state index in [0.717, 1.165) is 37.5 Å². The average molecular weight is 401 g/mol. The van der Waals surface area contributed by atoms with Gasteiger partial charge in [0.15, 0.2) is 0 Å². The van der Waals surface area contributed by atoms with Crippen LogP contribution in [0.15, 0.2) is 66.7 Å². The van der Waals surface area contributed by atoms with Crippen LogP contribution < -0.4 is 4.90 Å². The molecule has 3 aromatic rings. The first kappa shape index (κ1) is 17.6. The van der Waals surface area contributed by atoms with E-state index in [4.69, 9.17) is 11.6 Å². The third-order valence-electron chi connectivity index (χ3n) is 7.02. The van der Waals surface area contributed by atoms with Gasteiger partial charge in [-0.3, -0.25) is 4.90 Å². The molecular weight excluding hydrogens is 376 g/mol. The first-order valence-electron chi connectivity index (χ1n) is 10.7. The zero-order valence-electron chi connectivity index (χ0n) is 16.5. The fraction of sp³-hybridized carbons (Fsp3) is 0.308. The van der Waals surface area contributed by atoms with E-state index in [2.05, 4.69) is 64.4 Å². The average Bonchev–Trinajstić information content (AvgIpc) is 2.98. The molecule has 2 unspecified atom stereocenters. The van der Waals surface area contributed by atoms with Crippen LogP contribution >= 0.6 is 11.6 Å². The number of aryl methyl sites for hydroxylation is 2. The molecule has 2 nitrogen and oxygen atoms in total. The van der Waals surface area contributed by atoms with Crippen molar-refractivity contribution in [2.24, 2.45) is 0 Å². The maximum atomic E-state index is 6.07. The second-order valence-corrected chi connectivity index (χ2v) is 9.11. The molecule has 3 aromatic carbocycles. The van der Waals surface area contributed by atoms with E-state index in [1.807, 2.05) is 12.1 Å². The maximum absolute atomic E-state index is 6.07. The van der Waals surface area contributed by atoms with Gasteiger partial charge in [0.2, 0.25) is 0 Å². The van der Waals surface area contributed by atoms with Gasteiger partial charge in [-0.1, -0.05) is 60.1 Å². The highest BCUT2D eigenvalue weighted by Crippen LogP contribution is 2.52. The first-order valence-corrected chi connectivity index (χ1v) is 11.1. The summed E-state index contributed by atoms with van der Waals surface area (Å²) >= 11 is 6.07. The molecule has 0 aliphatic carbocycles. The van der Waals surface area contributed by atoms with Crippen LogP contribution in [0.25, 0.3) is 0 Å². The smallest absolute Gasteiger partial charge is 0.0483 e. The minimum absolute atomic E-state index is 0.576. The highest BCUT2D eigenvalue weighted by atomic mass is 35.5. The molecule has 0 aromatic heterocycles. The Labute approximate surface area is 177 Å². The number of anilines is 2. The molecule has 1 fully saturated rings. The summed E-state index contributed by atoms with van der Waals surface area (Å²) in [6, 6.07) is 25.0. The lowest BCUT2D eigenvalue weighted by molar-refractivity contribution is 0.189. The number of fused-ring (bicyclic) bond motifs is 5. The van der Waals surface area contributed by atoms with Crippen molar-refractivity contribution in [3.63, 3.8) is 0 Å². The predicted molar refractivity (Wildman–Crippen MR) is 120 cm³/mol. The summed E-state index contributed by atoms with van der Waals surface area (Å²) in [4.78, 5) is 5.33. The normalized spacial score (nSPS) is 22.6. The molecule has 146 valence electrons. The SMILES string of the molecule is Clc1ccc(CN2CCC3C(C2)c2cccc4c2N3c2ccccc2CC4)cc1. The number of nitrogens with zero attached hydrogens (tertiary/aromatic N) is 2. The molecule has 1 saturated heterocycles. The summed E-state index contributed by atoms with van der Waals surface area (Å²) < 4.78 is 0. The molecule has 0 bridgehead atoms. The van der Waals surface area contributed by atoms with Gasteiger partial charge in [-0.2, -0.15) is 0 Å². The monoisotopic (exact) mass is 400 g/mol.